The summed E-state index contributed by atoms with van der Waals surface area (Å²) in [5, 5.41) is 3.20. The number of ether oxygens (including phenoxy) is 2. The van der Waals surface area contributed by atoms with Crippen molar-refractivity contribution in [3.8, 4) is 0 Å². The van der Waals surface area contributed by atoms with Gasteiger partial charge in [0.1, 0.15) is 0 Å². The minimum Gasteiger partial charge on any atom is -0.383 e. The van der Waals surface area contributed by atoms with Crippen molar-refractivity contribution in [2.45, 2.75) is 12.5 Å². The number of hydrogen-bond donors (Lipinski definition) is 1. The van der Waals surface area contributed by atoms with E-state index in [1.54, 1.807) is 7.11 Å². The zero-order valence-corrected chi connectivity index (χ0v) is 11.3. The highest BCUT2D eigenvalue weighted by molar-refractivity contribution is 5.23. The van der Waals surface area contributed by atoms with Crippen LogP contribution in [-0.4, -0.2) is 33.4 Å². The van der Waals surface area contributed by atoms with Crippen molar-refractivity contribution in [1.29, 1.82) is 0 Å². The van der Waals surface area contributed by atoms with Crippen LogP contribution in [0.4, 0.5) is 13.2 Å². The van der Waals surface area contributed by atoms with Crippen LogP contribution in [0.2, 0.25) is 0 Å². The van der Waals surface area contributed by atoms with Crippen molar-refractivity contribution in [2.24, 2.45) is 5.92 Å². The van der Waals surface area contributed by atoms with Gasteiger partial charge in [0.25, 0.3) is 0 Å². The maximum absolute atomic E-state index is 13.3. The van der Waals surface area contributed by atoms with E-state index in [2.05, 4.69) is 5.32 Å². The SMILES string of the molecule is COCCNCC1CCOC1c1cc(F)c(F)c(F)c1. The molecule has 0 spiro atoms. The van der Waals surface area contributed by atoms with Gasteiger partial charge in [-0.1, -0.05) is 0 Å². The highest BCUT2D eigenvalue weighted by atomic mass is 19.2. The number of hydrogen-bond acceptors (Lipinski definition) is 3. The molecule has 0 saturated carbocycles. The van der Waals surface area contributed by atoms with Gasteiger partial charge in [-0.15, -0.1) is 0 Å². The van der Waals surface area contributed by atoms with Gasteiger partial charge in [0.05, 0.1) is 12.7 Å². The first-order valence-electron chi connectivity index (χ1n) is 6.59. The van der Waals surface area contributed by atoms with Gasteiger partial charge in [-0.2, -0.15) is 0 Å². The quantitative estimate of drug-likeness (QED) is 0.644. The lowest BCUT2D eigenvalue weighted by atomic mass is 9.95. The Morgan fingerprint density at radius 2 is 2.00 bits per heavy atom. The Balaban J connectivity index is 2.03. The zero-order valence-electron chi connectivity index (χ0n) is 11.3. The summed E-state index contributed by atoms with van der Waals surface area (Å²) in [7, 11) is 1.62. The minimum atomic E-state index is -1.44. The molecular weight excluding hydrogens is 271 g/mol. The molecule has 0 aliphatic carbocycles. The Bertz CT molecular complexity index is 433. The van der Waals surface area contributed by atoms with Gasteiger partial charge in [0.15, 0.2) is 17.5 Å². The zero-order chi connectivity index (χ0) is 14.5. The fraction of sp³-hybridized carbons (Fsp3) is 0.571. The first kappa shape index (κ1) is 15.3. The lowest BCUT2D eigenvalue weighted by Crippen LogP contribution is -2.27. The van der Waals surface area contributed by atoms with Gasteiger partial charge in [0, 0.05) is 32.7 Å². The van der Waals surface area contributed by atoms with Gasteiger partial charge in [-0.3, -0.25) is 0 Å². The highest BCUT2D eigenvalue weighted by Gasteiger charge is 2.30. The molecule has 1 N–H and O–H groups in total. The number of halogens is 3. The van der Waals surface area contributed by atoms with E-state index in [4.69, 9.17) is 9.47 Å². The summed E-state index contributed by atoms with van der Waals surface area (Å²) in [6, 6.07) is 2.02. The molecule has 1 aromatic rings. The molecule has 2 unspecified atom stereocenters. The molecule has 20 heavy (non-hydrogen) atoms. The van der Waals surface area contributed by atoms with Crippen molar-refractivity contribution in [1.82, 2.24) is 5.32 Å². The van der Waals surface area contributed by atoms with E-state index < -0.39 is 23.6 Å². The molecule has 6 heteroatoms. The fourth-order valence-corrected chi connectivity index (χ4v) is 2.41. The lowest BCUT2D eigenvalue weighted by molar-refractivity contribution is 0.0891. The van der Waals surface area contributed by atoms with E-state index in [0.717, 1.165) is 18.6 Å². The van der Waals surface area contributed by atoms with Gasteiger partial charge in [0.2, 0.25) is 0 Å². The van der Waals surface area contributed by atoms with Crippen LogP contribution in [0.3, 0.4) is 0 Å². The van der Waals surface area contributed by atoms with E-state index >= 15 is 0 Å². The van der Waals surface area contributed by atoms with Crippen LogP contribution < -0.4 is 5.32 Å². The number of nitrogens with one attached hydrogen (secondary N) is 1. The molecule has 1 heterocycles. The maximum Gasteiger partial charge on any atom is 0.194 e. The van der Waals surface area contributed by atoms with Crippen LogP contribution in [-0.2, 0) is 9.47 Å². The fourth-order valence-electron chi connectivity index (χ4n) is 2.41. The van der Waals surface area contributed by atoms with Gasteiger partial charge >= 0.3 is 0 Å². The molecule has 112 valence electrons. The van der Waals surface area contributed by atoms with Crippen molar-refractivity contribution in [3.05, 3.63) is 35.1 Å². The molecule has 0 bridgehead atoms. The third kappa shape index (κ3) is 3.50. The van der Waals surface area contributed by atoms with E-state index in [-0.39, 0.29) is 5.92 Å². The van der Waals surface area contributed by atoms with E-state index in [1.807, 2.05) is 0 Å². The summed E-state index contributed by atoms with van der Waals surface area (Å²) in [6.45, 7) is 2.49. The second-order valence-electron chi connectivity index (χ2n) is 4.84. The van der Waals surface area contributed by atoms with Crippen LogP contribution in [0.25, 0.3) is 0 Å². The summed E-state index contributed by atoms with van der Waals surface area (Å²) < 4.78 is 50.0. The average molecular weight is 289 g/mol. The van der Waals surface area contributed by atoms with Gasteiger partial charge in [-0.05, 0) is 24.1 Å². The number of methoxy groups -OCH3 is 1. The minimum absolute atomic E-state index is 0.108. The molecule has 0 aromatic heterocycles. The standard InChI is InChI=1S/C14H18F3NO2/c1-19-5-3-18-8-9-2-4-20-14(9)10-6-11(15)13(17)12(16)7-10/h6-7,9,14,18H,2-5,8H2,1H3. The average Bonchev–Trinajstić information content (AvgIpc) is 2.89. The van der Waals surface area contributed by atoms with E-state index in [9.17, 15) is 13.2 Å². The Labute approximate surface area is 116 Å². The van der Waals surface area contributed by atoms with E-state index in [1.165, 1.54) is 0 Å². The number of rotatable bonds is 6. The third-order valence-electron chi connectivity index (χ3n) is 3.44. The predicted octanol–water partition coefficient (Wildman–Crippen LogP) is 2.42. The molecule has 2 atom stereocenters. The molecule has 1 aliphatic rings. The van der Waals surface area contributed by atoms with Crippen LogP contribution in [0.15, 0.2) is 12.1 Å². The Kier molecular flexibility index (Phi) is 5.39. The first-order chi connectivity index (χ1) is 9.63. The molecule has 0 amide bonds. The van der Waals surface area contributed by atoms with Crippen LogP contribution >= 0.6 is 0 Å². The van der Waals surface area contributed by atoms with Gasteiger partial charge < -0.3 is 14.8 Å². The maximum atomic E-state index is 13.3. The summed E-state index contributed by atoms with van der Waals surface area (Å²) in [4.78, 5) is 0. The smallest absolute Gasteiger partial charge is 0.194 e. The van der Waals surface area contributed by atoms with Crippen molar-refractivity contribution < 1.29 is 22.6 Å². The molecule has 1 fully saturated rings. The Hall–Kier alpha value is -1.11. The Morgan fingerprint density at radius 1 is 1.30 bits per heavy atom. The second-order valence-corrected chi connectivity index (χ2v) is 4.84. The van der Waals surface area contributed by atoms with Crippen molar-refractivity contribution in [3.63, 3.8) is 0 Å². The monoisotopic (exact) mass is 289 g/mol. The van der Waals surface area contributed by atoms with Crippen LogP contribution in [0.1, 0.15) is 18.1 Å². The summed E-state index contributed by atoms with van der Waals surface area (Å²) >= 11 is 0. The topological polar surface area (TPSA) is 30.5 Å². The third-order valence-corrected chi connectivity index (χ3v) is 3.44. The van der Waals surface area contributed by atoms with Crippen molar-refractivity contribution in [2.75, 3.05) is 33.4 Å². The molecule has 2 rings (SSSR count). The van der Waals surface area contributed by atoms with Crippen LogP contribution in [0.5, 0.6) is 0 Å². The van der Waals surface area contributed by atoms with Gasteiger partial charge in [-0.25, -0.2) is 13.2 Å². The normalized spacial score (nSPS) is 22.4. The largest absolute Gasteiger partial charge is 0.383 e. The van der Waals surface area contributed by atoms with Crippen LogP contribution in [0, 0.1) is 23.4 Å². The molecule has 1 aliphatic heterocycles. The summed E-state index contributed by atoms with van der Waals surface area (Å²) in [5.74, 6) is -3.69. The highest BCUT2D eigenvalue weighted by Crippen LogP contribution is 2.35. The second kappa shape index (κ2) is 7.06. The number of benzene rings is 1. The summed E-state index contributed by atoms with van der Waals surface area (Å²) in [5.41, 5.74) is 0.345. The first-order valence-corrected chi connectivity index (χ1v) is 6.59. The molecular formula is C14H18F3NO2. The molecule has 1 aromatic carbocycles. The molecule has 0 radical (unpaired) electrons. The van der Waals surface area contributed by atoms with Crippen molar-refractivity contribution >= 4 is 0 Å². The predicted molar refractivity (Wildman–Crippen MR) is 67.9 cm³/mol. The molecule has 3 nitrogen and oxygen atoms in total. The Morgan fingerprint density at radius 3 is 2.65 bits per heavy atom. The molecule has 1 saturated heterocycles. The summed E-state index contributed by atoms with van der Waals surface area (Å²) in [6.07, 6.45) is 0.389. The lowest BCUT2D eigenvalue weighted by Gasteiger charge is -2.19. The van der Waals surface area contributed by atoms with E-state index in [0.29, 0.717) is 31.9 Å².